The number of aromatic nitrogens is 2. The number of likely N-dealkylation sites (N-methyl/N-ethyl adjacent to an activating group) is 1. The molecule has 1 saturated heterocycles. The number of likely N-dealkylation sites (tertiary alicyclic amines) is 1. The first kappa shape index (κ1) is 16.6. The van der Waals surface area contributed by atoms with E-state index in [1.807, 2.05) is 44.1 Å². The van der Waals surface area contributed by atoms with Gasteiger partial charge in [0.25, 0.3) is 5.56 Å². The van der Waals surface area contributed by atoms with Crippen LogP contribution in [0.15, 0.2) is 29.1 Å². The highest BCUT2D eigenvalue weighted by Gasteiger charge is 2.33. The SMILES string of the molecule is Cc1nn(CC(=O)N2C[C@@H](C)[C@@H](N(C)C)C2)c(=O)c2ccccc12. The molecular weight excluding hydrogens is 304 g/mol. The molecule has 0 saturated carbocycles. The Morgan fingerprint density at radius 2 is 1.92 bits per heavy atom. The summed E-state index contributed by atoms with van der Waals surface area (Å²) in [6.45, 7) is 5.44. The second-order valence-corrected chi connectivity index (χ2v) is 6.90. The summed E-state index contributed by atoms with van der Waals surface area (Å²) in [7, 11) is 4.07. The van der Waals surface area contributed by atoms with Crippen molar-refractivity contribution in [2.24, 2.45) is 5.92 Å². The van der Waals surface area contributed by atoms with Gasteiger partial charge in [-0.2, -0.15) is 5.10 Å². The summed E-state index contributed by atoms with van der Waals surface area (Å²) in [5, 5.41) is 5.78. The van der Waals surface area contributed by atoms with Gasteiger partial charge in [-0.3, -0.25) is 9.59 Å². The smallest absolute Gasteiger partial charge is 0.275 e. The van der Waals surface area contributed by atoms with Crippen LogP contribution in [0.3, 0.4) is 0 Å². The zero-order valence-electron chi connectivity index (χ0n) is 14.7. The summed E-state index contributed by atoms with van der Waals surface area (Å²) in [5.41, 5.74) is 0.555. The maximum atomic E-state index is 12.6. The molecule has 0 unspecified atom stereocenters. The van der Waals surface area contributed by atoms with Gasteiger partial charge in [-0.05, 0) is 33.0 Å². The van der Waals surface area contributed by atoms with Gasteiger partial charge in [0, 0.05) is 24.5 Å². The monoisotopic (exact) mass is 328 g/mol. The molecule has 6 heteroatoms. The first-order valence-electron chi connectivity index (χ1n) is 8.29. The van der Waals surface area contributed by atoms with Crippen LogP contribution in [-0.4, -0.2) is 58.7 Å². The number of hydrogen-bond acceptors (Lipinski definition) is 4. The Morgan fingerprint density at radius 1 is 1.25 bits per heavy atom. The van der Waals surface area contributed by atoms with Gasteiger partial charge in [-0.1, -0.05) is 25.1 Å². The molecule has 1 aliphatic rings. The number of aryl methyl sites for hydroxylation is 1. The fraction of sp³-hybridized carbons (Fsp3) is 0.500. The van der Waals surface area contributed by atoms with E-state index < -0.39 is 0 Å². The van der Waals surface area contributed by atoms with E-state index in [0.29, 0.717) is 23.9 Å². The minimum atomic E-state index is -0.207. The number of carbonyl (C=O) groups excluding carboxylic acids is 1. The molecule has 0 radical (unpaired) electrons. The summed E-state index contributed by atoms with van der Waals surface area (Å²) in [4.78, 5) is 29.2. The molecule has 128 valence electrons. The molecular formula is C18H24N4O2. The van der Waals surface area contributed by atoms with Crippen LogP contribution in [0, 0.1) is 12.8 Å². The maximum Gasteiger partial charge on any atom is 0.275 e. The van der Waals surface area contributed by atoms with E-state index >= 15 is 0 Å². The highest BCUT2D eigenvalue weighted by atomic mass is 16.2. The van der Waals surface area contributed by atoms with E-state index in [0.717, 1.165) is 17.6 Å². The van der Waals surface area contributed by atoms with E-state index in [2.05, 4.69) is 16.9 Å². The van der Waals surface area contributed by atoms with E-state index in [1.165, 1.54) is 4.68 Å². The average Bonchev–Trinajstić information content (AvgIpc) is 2.94. The van der Waals surface area contributed by atoms with Gasteiger partial charge < -0.3 is 9.80 Å². The van der Waals surface area contributed by atoms with Crippen LogP contribution in [0.5, 0.6) is 0 Å². The molecule has 0 bridgehead atoms. The summed E-state index contributed by atoms with van der Waals surface area (Å²) in [6, 6.07) is 7.75. The lowest BCUT2D eigenvalue weighted by atomic mass is 10.1. The van der Waals surface area contributed by atoms with E-state index in [-0.39, 0.29) is 18.0 Å². The molecule has 1 amide bonds. The third kappa shape index (κ3) is 2.94. The van der Waals surface area contributed by atoms with Crippen molar-refractivity contribution in [2.45, 2.75) is 26.4 Å². The molecule has 1 fully saturated rings. The Bertz CT molecular complexity index is 827. The van der Waals surface area contributed by atoms with Gasteiger partial charge in [0.2, 0.25) is 5.91 Å². The fourth-order valence-electron chi connectivity index (χ4n) is 3.57. The van der Waals surface area contributed by atoms with E-state index in [1.54, 1.807) is 6.07 Å². The second kappa shape index (κ2) is 6.36. The first-order chi connectivity index (χ1) is 11.4. The lowest BCUT2D eigenvalue weighted by Crippen LogP contribution is -2.38. The molecule has 0 spiro atoms. The zero-order valence-corrected chi connectivity index (χ0v) is 14.7. The Morgan fingerprint density at radius 3 is 2.54 bits per heavy atom. The molecule has 2 heterocycles. The van der Waals surface area contributed by atoms with Crippen molar-refractivity contribution >= 4 is 16.7 Å². The van der Waals surface area contributed by atoms with Crippen molar-refractivity contribution < 1.29 is 4.79 Å². The van der Waals surface area contributed by atoms with Gasteiger partial charge >= 0.3 is 0 Å². The molecule has 2 aromatic rings. The molecule has 2 atom stereocenters. The summed E-state index contributed by atoms with van der Waals surface area (Å²) in [6.07, 6.45) is 0. The minimum Gasteiger partial charge on any atom is -0.339 e. The van der Waals surface area contributed by atoms with Crippen LogP contribution in [0.1, 0.15) is 12.6 Å². The summed E-state index contributed by atoms with van der Waals surface area (Å²) >= 11 is 0. The van der Waals surface area contributed by atoms with Gasteiger partial charge in [-0.15, -0.1) is 0 Å². The topological polar surface area (TPSA) is 58.4 Å². The second-order valence-electron chi connectivity index (χ2n) is 6.90. The van der Waals surface area contributed by atoms with Crippen LogP contribution in [0.25, 0.3) is 10.8 Å². The van der Waals surface area contributed by atoms with Crippen molar-refractivity contribution in [3.05, 3.63) is 40.3 Å². The highest BCUT2D eigenvalue weighted by Crippen LogP contribution is 2.20. The average molecular weight is 328 g/mol. The lowest BCUT2D eigenvalue weighted by molar-refractivity contribution is -0.131. The molecule has 1 aromatic carbocycles. The number of fused-ring (bicyclic) bond motifs is 1. The van der Waals surface area contributed by atoms with Crippen molar-refractivity contribution in [3.63, 3.8) is 0 Å². The molecule has 3 rings (SSSR count). The Kier molecular flexibility index (Phi) is 4.41. The number of carbonyl (C=O) groups is 1. The van der Waals surface area contributed by atoms with Crippen LogP contribution < -0.4 is 5.56 Å². The zero-order chi connectivity index (χ0) is 17.4. The lowest BCUT2D eigenvalue weighted by Gasteiger charge is -2.22. The molecule has 0 N–H and O–H groups in total. The van der Waals surface area contributed by atoms with Crippen molar-refractivity contribution in [1.29, 1.82) is 0 Å². The molecule has 1 aliphatic heterocycles. The van der Waals surface area contributed by atoms with Crippen LogP contribution in [0.4, 0.5) is 0 Å². The minimum absolute atomic E-state index is 0.00260. The van der Waals surface area contributed by atoms with Crippen molar-refractivity contribution in [3.8, 4) is 0 Å². The van der Waals surface area contributed by atoms with Crippen molar-refractivity contribution in [2.75, 3.05) is 27.2 Å². The predicted octanol–water partition coefficient (Wildman–Crippen LogP) is 1.11. The van der Waals surface area contributed by atoms with Crippen LogP contribution in [-0.2, 0) is 11.3 Å². The van der Waals surface area contributed by atoms with E-state index in [4.69, 9.17) is 0 Å². The number of rotatable bonds is 3. The summed E-state index contributed by atoms with van der Waals surface area (Å²) in [5.74, 6) is 0.377. The van der Waals surface area contributed by atoms with Crippen molar-refractivity contribution in [1.82, 2.24) is 19.6 Å². The Labute approximate surface area is 141 Å². The van der Waals surface area contributed by atoms with Gasteiger partial charge in [-0.25, -0.2) is 4.68 Å². The number of hydrogen-bond donors (Lipinski definition) is 0. The van der Waals surface area contributed by atoms with Gasteiger partial charge in [0.15, 0.2) is 0 Å². The largest absolute Gasteiger partial charge is 0.339 e. The Balaban J connectivity index is 1.84. The standard InChI is InChI=1S/C18H24N4O2/c1-12-9-21(10-16(12)20(3)4)17(23)11-22-18(24)15-8-6-5-7-14(15)13(2)19-22/h5-8,12,16H,9-11H2,1-4H3/t12-,16+/m1/s1. The predicted molar refractivity (Wildman–Crippen MR) is 94.0 cm³/mol. The molecule has 0 aliphatic carbocycles. The summed E-state index contributed by atoms with van der Waals surface area (Å²) < 4.78 is 1.30. The van der Waals surface area contributed by atoms with Crippen LogP contribution in [0.2, 0.25) is 0 Å². The quantitative estimate of drug-likeness (QED) is 0.847. The molecule has 6 nitrogen and oxygen atoms in total. The van der Waals surface area contributed by atoms with Gasteiger partial charge in [0.1, 0.15) is 6.54 Å². The molecule has 24 heavy (non-hydrogen) atoms. The maximum absolute atomic E-state index is 12.6. The highest BCUT2D eigenvalue weighted by molar-refractivity contribution is 5.83. The van der Waals surface area contributed by atoms with E-state index in [9.17, 15) is 9.59 Å². The number of nitrogens with zero attached hydrogens (tertiary/aromatic N) is 4. The third-order valence-corrected chi connectivity index (χ3v) is 4.93. The normalized spacial score (nSPS) is 21.0. The number of amides is 1. The molecule has 1 aromatic heterocycles. The van der Waals surface area contributed by atoms with Gasteiger partial charge in [0.05, 0.1) is 11.1 Å². The van der Waals surface area contributed by atoms with Crippen LogP contribution >= 0.6 is 0 Å². The third-order valence-electron chi connectivity index (χ3n) is 4.93. The number of benzene rings is 1. The Hall–Kier alpha value is -2.21. The fourth-order valence-corrected chi connectivity index (χ4v) is 3.57. The first-order valence-corrected chi connectivity index (χ1v) is 8.29.